The third-order valence-corrected chi connectivity index (χ3v) is 2.65. The van der Waals surface area contributed by atoms with Crippen LogP contribution in [0, 0.1) is 5.92 Å². The summed E-state index contributed by atoms with van der Waals surface area (Å²) in [6, 6.07) is 3.08. The first-order valence-electron chi connectivity index (χ1n) is 5.56. The average Bonchev–Trinajstić information content (AvgIpc) is 2.23. The summed E-state index contributed by atoms with van der Waals surface area (Å²) in [4.78, 5) is 17.8. The van der Waals surface area contributed by atoms with Crippen molar-refractivity contribution in [2.45, 2.75) is 20.8 Å². The molecule has 0 saturated carbocycles. The van der Waals surface area contributed by atoms with E-state index in [1.807, 2.05) is 6.92 Å². The minimum atomic E-state index is -0.0626. The molecule has 94 valence electrons. The van der Waals surface area contributed by atoms with Gasteiger partial charge in [0.1, 0.15) is 10.3 Å². The highest BCUT2D eigenvalue weighted by atomic mass is 35.5. The molecule has 0 unspecified atom stereocenters. The molecular weight excluding hydrogens is 259 g/mol. The van der Waals surface area contributed by atoms with Crippen molar-refractivity contribution in [1.82, 2.24) is 9.88 Å². The number of aromatic nitrogens is 1. The molecule has 0 saturated heterocycles. The quantitative estimate of drug-likeness (QED) is 0.788. The molecule has 0 aliphatic carbocycles. The van der Waals surface area contributed by atoms with E-state index < -0.39 is 0 Å². The van der Waals surface area contributed by atoms with Gasteiger partial charge >= 0.3 is 0 Å². The summed E-state index contributed by atoms with van der Waals surface area (Å²) < 4.78 is 0. The largest absolute Gasteiger partial charge is 0.339 e. The summed E-state index contributed by atoms with van der Waals surface area (Å²) in [5.74, 6) is 0.360. The average molecular weight is 275 g/mol. The number of hydrogen-bond donors (Lipinski definition) is 0. The van der Waals surface area contributed by atoms with Crippen LogP contribution >= 0.6 is 23.2 Å². The lowest BCUT2D eigenvalue weighted by atomic mass is 10.1. The summed E-state index contributed by atoms with van der Waals surface area (Å²) in [5.41, 5.74) is 0.484. The SMILES string of the molecule is CCN(CC(C)C)C(=O)c1cc(Cl)nc(Cl)c1. The number of amides is 1. The Labute approximate surface area is 112 Å². The predicted molar refractivity (Wildman–Crippen MR) is 70.7 cm³/mol. The van der Waals surface area contributed by atoms with Gasteiger partial charge in [-0.2, -0.15) is 0 Å². The van der Waals surface area contributed by atoms with E-state index in [-0.39, 0.29) is 16.2 Å². The van der Waals surface area contributed by atoms with Gasteiger partial charge < -0.3 is 4.90 Å². The second kappa shape index (κ2) is 6.22. The molecule has 1 heterocycles. The van der Waals surface area contributed by atoms with Crippen LogP contribution in [-0.4, -0.2) is 28.9 Å². The van der Waals surface area contributed by atoms with Crippen LogP contribution in [0.2, 0.25) is 10.3 Å². The molecule has 0 atom stereocenters. The molecule has 0 N–H and O–H groups in total. The molecular formula is C12H16Cl2N2O. The van der Waals surface area contributed by atoms with Gasteiger partial charge in [0, 0.05) is 18.7 Å². The first-order valence-corrected chi connectivity index (χ1v) is 6.32. The van der Waals surface area contributed by atoms with E-state index in [0.29, 0.717) is 24.6 Å². The maximum absolute atomic E-state index is 12.2. The Kier molecular flexibility index (Phi) is 5.22. The molecule has 0 aromatic carbocycles. The Morgan fingerprint density at radius 2 is 1.88 bits per heavy atom. The summed E-state index contributed by atoms with van der Waals surface area (Å²) in [7, 11) is 0. The molecule has 1 aromatic heterocycles. The van der Waals surface area contributed by atoms with Crippen molar-refractivity contribution < 1.29 is 4.79 Å². The van der Waals surface area contributed by atoms with Gasteiger partial charge in [-0.1, -0.05) is 37.0 Å². The van der Waals surface area contributed by atoms with Gasteiger partial charge in [0.2, 0.25) is 0 Å². The van der Waals surface area contributed by atoms with E-state index in [1.165, 1.54) is 0 Å². The Balaban J connectivity index is 2.93. The maximum atomic E-state index is 12.2. The highest BCUT2D eigenvalue weighted by Crippen LogP contribution is 2.16. The van der Waals surface area contributed by atoms with Crippen molar-refractivity contribution in [3.8, 4) is 0 Å². The Hall–Kier alpha value is -0.800. The molecule has 0 fully saturated rings. The minimum absolute atomic E-state index is 0.0626. The summed E-state index contributed by atoms with van der Waals surface area (Å²) in [5, 5.41) is 0.475. The van der Waals surface area contributed by atoms with E-state index in [1.54, 1.807) is 17.0 Å². The topological polar surface area (TPSA) is 33.2 Å². The van der Waals surface area contributed by atoms with Crippen molar-refractivity contribution in [2.75, 3.05) is 13.1 Å². The molecule has 5 heteroatoms. The lowest BCUT2D eigenvalue weighted by molar-refractivity contribution is 0.0745. The van der Waals surface area contributed by atoms with E-state index in [4.69, 9.17) is 23.2 Å². The first-order chi connectivity index (χ1) is 7.93. The van der Waals surface area contributed by atoms with E-state index in [2.05, 4.69) is 18.8 Å². The third-order valence-electron chi connectivity index (χ3n) is 2.26. The number of nitrogens with zero attached hydrogens (tertiary/aromatic N) is 2. The van der Waals surface area contributed by atoms with E-state index in [0.717, 1.165) is 0 Å². The summed E-state index contributed by atoms with van der Waals surface area (Å²) in [6.07, 6.45) is 0. The number of carbonyl (C=O) groups excluding carboxylic acids is 1. The molecule has 0 aliphatic rings. The molecule has 0 bridgehead atoms. The number of hydrogen-bond acceptors (Lipinski definition) is 2. The van der Waals surface area contributed by atoms with Crippen LogP contribution < -0.4 is 0 Å². The number of carbonyl (C=O) groups is 1. The molecule has 1 rings (SSSR count). The van der Waals surface area contributed by atoms with Crippen LogP contribution in [0.25, 0.3) is 0 Å². The van der Waals surface area contributed by atoms with Crippen molar-refractivity contribution in [2.24, 2.45) is 5.92 Å². The number of pyridine rings is 1. The lowest BCUT2D eigenvalue weighted by Crippen LogP contribution is -2.34. The van der Waals surface area contributed by atoms with Gasteiger partial charge in [0.25, 0.3) is 5.91 Å². The molecule has 17 heavy (non-hydrogen) atoms. The first kappa shape index (κ1) is 14.3. The summed E-state index contributed by atoms with van der Waals surface area (Å²) in [6.45, 7) is 7.47. The monoisotopic (exact) mass is 274 g/mol. The highest BCUT2D eigenvalue weighted by Gasteiger charge is 2.16. The van der Waals surface area contributed by atoms with Gasteiger partial charge in [0.15, 0.2) is 0 Å². The maximum Gasteiger partial charge on any atom is 0.254 e. The molecule has 1 amide bonds. The number of halogens is 2. The van der Waals surface area contributed by atoms with Crippen molar-refractivity contribution in [3.05, 3.63) is 28.0 Å². The third kappa shape index (κ3) is 4.17. The van der Waals surface area contributed by atoms with Gasteiger partial charge in [-0.25, -0.2) is 4.98 Å². The van der Waals surface area contributed by atoms with Gasteiger partial charge in [0.05, 0.1) is 0 Å². The molecule has 3 nitrogen and oxygen atoms in total. The Morgan fingerprint density at radius 1 is 1.35 bits per heavy atom. The molecule has 0 radical (unpaired) electrons. The normalized spacial score (nSPS) is 10.7. The fourth-order valence-corrected chi connectivity index (χ4v) is 2.03. The predicted octanol–water partition coefficient (Wildman–Crippen LogP) is 3.51. The molecule has 0 aliphatic heterocycles. The van der Waals surface area contributed by atoms with E-state index >= 15 is 0 Å². The van der Waals surface area contributed by atoms with E-state index in [9.17, 15) is 4.79 Å². The Bertz CT molecular complexity index is 387. The standard InChI is InChI=1S/C12H16Cl2N2O/c1-4-16(7-8(2)3)12(17)9-5-10(13)15-11(14)6-9/h5-6,8H,4,7H2,1-3H3. The Morgan fingerprint density at radius 3 is 2.29 bits per heavy atom. The zero-order valence-corrected chi connectivity index (χ0v) is 11.7. The zero-order valence-electron chi connectivity index (χ0n) is 10.2. The fraction of sp³-hybridized carbons (Fsp3) is 0.500. The number of rotatable bonds is 4. The fourth-order valence-electron chi connectivity index (χ4n) is 1.57. The van der Waals surface area contributed by atoms with Crippen LogP contribution in [0.15, 0.2) is 12.1 Å². The van der Waals surface area contributed by atoms with Crippen molar-refractivity contribution in [1.29, 1.82) is 0 Å². The van der Waals surface area contributed by atoms with Crippen LogP contribution in [-0.2, 0) is 0 Å². The smallest absolute Gasteiger partial charge is 0.254 e. The van der Waals surface area contributed by atoms with Crippen LogP contribution in [0.1, 0.15) is 31.1 Å². The van der Waals surface area contributed by atoms with Crippen molar-refractivity contribution >= 4 is 29.1 Å². The minimum Gasteiger partial charge on any atom is -0.339 e. The van der Waals surface area contributed by atoms with Crippen LogP contribution in [0.4, 0.5) is 0 Å². The highest BCUT2D eigenvalue weighted by molar-refractivity contribution is 6.33. The van der Waals surface area contributed by atoms with Gasteiger partial charge in [-0.15, -0.1) is 0 Å². The molecule has 0 spiro atoms. The molecule has 1 aromatic rings. The van der Waals surface area contributed by atoms with Gasteiger partial charge in [-0.05, 0) is 25.0 Å². The van der Waals surface area contributed by atoms with Gasteiger partial charge in [-0.3, -0.25) is 4.79 Å². The van der Waals surface area contributed by atoms with Crippen molar-refractivity contribution in [3.63, 3.8) is 0 Å². The zero-order chi connectivity index (χ0) is 13.0. The second-order valence-corrected chi connectivity index (χ2v) is 5.01. The second-order valence-electron chi connectivity index (χ2n) is 4.24. The lowest BCUT2D eigenvalue weighted by Gasteiger charge is -2.23. The van der Waals surface area contributed by atoms with Crippen LogP contribution in [0.5, 0.6) is 0 Å². The van der Waals surface area contributed by atoms with Crippen LogP contribution in [0.3, 0.4) is 0 Å². The summed E-state index contributed by atoms with van der Waals surface area (Å²) >= 11 is 11.6.